The second-order valence-corrected chi connectivity index (χ2v) is 3.31. The van der Waals surface area contributed by atoms with Crippen LogP contribution in [0.2, 0.25) is 0 Å². The molecule has 0 radical (unpaired) electrons. The third kappa shape index (κ3) is 1.43. The molecule has 0 saturated carbocycles. The SMILES string of the molecule is C=CCOc1cccc2c1C(=O)CC2. The Morgan fingerprint density at radius 1 is 1.43 bits per heavy atom. The van der Waals surface area contributed by atoms with Gasteiger partial charge in [-0.2, -0.15) is 0 Å². The largest absolute Gasteiger partial charge is 0.489 e. The van der Waals surface area contributed by atoms with Gasteiger partial charge in [0, 0.05) is 6.42 Å². The first-order valence-electron chi connectivity index (χ1n) is 4.71. The summed E-state index contributed by atoms with van der Waals surface area (Å²) in [5, 5.41) is 0. The molecule has 1 aliphatic rings. The average molecular weight is 188 g/mol. The summed E-state index contributed by atoms with van der Waals surface area (Å²) in [7, 11) is 0. The van der Waals surface area contributed by atoms with Crippen molar-refractivity contribution in [3.05, 3.63) is 42.0 Å². The third-order valence-electron chi connectivity index (χ3n) is 2.37. The van der Waals surface area contributed by atoms with Crippen molar-refractivity contribution < 1.29 is 9.53 Å². The number of hydrogen-bond donors (Lipinski definition) is 0. The maximum absolute atomic E-state index is 11.5. The fraction of sp³-hybridized carbons (Fsp3) is 0.250. The van der Waals surface area contributed by atoms with E-state index in [0.29, 0.717) is 18.8 Å². The van der Waals surface area contributed by atoms with E-state index in [-0.39, 0.29) is 5.78 Å². The molecule has 0 saturated heterocycles. The minimum Gasteiger partial charge on any atom is -0.489 e. The first kappa shape index (κ1) is 9.00. The molecule has 0 amide bonds. The summed E-state index contributed by atoms with van der Waals surface area (Å²) in [6.45, 7) is 4.03. The zero-order chi connectivity index (χ0) is 9.97. The van der Waals surface area contributed by atoms with Crippen LogP contribution in [0, 0.1) is 0 Å². The summed E-state index contributed by atoms with van der Waals surface area (Å²) in [4.78, 5) is 11.5. The van der Waals surface area contributed by atoms with Gasteiger partial charge in [0.25, 0.3) is 0 Å². The van der Waals surface area contributed by atoms with Crippen LogP contribution in [0.3, 0.4) is 0 Å². The lowest BCUT2D eigenvalue weighted by Crippen LogP contribution is -2.00. The molecule has 72 valence electrons. The Bertz CT molecular complexity index is 380. The smallest absolute Gasteiger partial charge is 0.167 e. The van der Waals surface area contributed by atoms with E-state index in [1.807, 2.05) is 18.2 Å². The Hall–Kier alpha value is -1.57. The summed E-state index contributed by atoms with van der Waals surface area (Å²) in [5.74, 6) is 0.893. The maximum atomic E-state index is 11.5. The van der Waals surface area contributed by atoms with Crippen LogP contribution in [-0.2, 0) is 6.42 Å². The summed E-state index contributed by atoms with van der Waals surface area (Å²) < 4.78 is 5.43. The van der Waals surface area contributed by atoms with Crippen LogP contribution in [0.1, 0.15) is 22.3 Å². The molecule has 0 aromatic heterocycles. The Balaban J connectivity index is 2.36. The van der Waals surface area contributed by atoms with Gasteiger partial charge in [-0.3, -0.25) is 4.79 Å². The second-order valence-electron chi connectivity index (χ2n) is 3.31. The van der Waals surface area contributed by atoms with Gasteiger partial charge in [0.1, 0.15) is 12.4 Å². The average Bonchev–Trinajstić information content (AvgIpc) is 2.58. The molecule has 0 bridgehead atoms. The predicted molar refractivity (Wildman–Crippen MR) is 54.8 cm³/mol. The van der Waals surface area contributed by atoms with Crippen molar-refractivity contribution in [3.8, 4) is 5.75 Å². The molecule has 0 fully saturated rings. The number of ketones is 1. The van der Waals surface area contributed by atoms with E-state index in [0.717, 1.165) is 17.5 Å². The van der Waals surface area contributed by atoms with Crippen molar-refractivity contribution in [1.82, 2.24) is 0 Å². The summed E-state index contributed by atoms with van der Waals surface area (Å²) >= 11 is 0. The second kappa shape index (κ2) is 3.66. The van der Waals surface area contributed by atoms with E-state index in [9.17, 15) is 4.79 Å². The van der Waals surface area contributed by atoms with Crippen LogP contribution in [0.5, 0.6) is 5.75 Å². The molecule has 2 rings (SSSR count). The molecule has 0 spiro atoms. The van der Waals surface area contributed by atoms with Gasteiger partial charge < -0.3 is 4.74 Å². The van der Waals surface area contributed by atoms with E-state index in [1.54, 1.807) is 6.08 Å². The number of aryl methyl sites for hydroxylation is 1. The number of carbonyl (C=O) groups is 1. The highest BCUT2D eigenvalue weighted by Crippen LogP contribution is 2.30. The Labute approximate surface area is 83.2 Å². The molecular formula is C12H12O2. The van der Waals surface area contributed by atoms with Crippen LogP contribution >= 0.6 is 0 Å². The van der Waals surface area contributed by atoms with Gasteiger partial charge in [-0.1, -0.05) is 24.8 Å². The quantitative estimate of drug-likeness (QED) is 0.681. The van der Waals surface area contributed by atoms with Gasteiger partial charge >= 0.3 is 0 Å². The highest BCUT2D eigenvalue weighted by molar-refractivity contribution is 6.02. The normalized spacial score (nSPS) is 13.9. The van der Waals surface area contributed by atoms with E-state index in [2.05, 4.69) is 6.58 Å². The topological polar surface area (TPSA) is 26.3 Å². The van der Waals surface area contributed by atoms with Gasteiger partial charge in [-0.25, -0.2) is 0 Å². The Morgan fingerprint density at radius 3 is 3.07 bits per heavy atom. The summed E-state index contributed by atoms with van der Waals surface area (Å²) in [5.41, 5.74) is 1.88. The summed E-state index contributed by atoms with van der Waals surface area (Å²) in [6.07, 6.45) is 3.14. The van der Waals surface area contributed by atoms with Crippen LogP contribution in [-0.4, -0.2) is 12.4 Å². The zero-order valence-electron chi connectivity index (χ0n) is 7.95. The molecule has 1 aliphatic carbocycles. The monoisotopic (exact) mass is 188 g/mol. The number of rotatable bonds is 3. The van der Waals surface area contributed by atoms with Crippen molar-refractivity contribution in [2.24, 2.45) is 0 Å². The van der Waals surface area contributed by atoms with Gasteiger partial charge in [0.05, 0.1) is 5.56 Å². The number of hydrogen-bond acceptors (Lipinski definition) is 2. The van der Waals surface area contributed by atoms with Gasteiger partial charge in [-0.15, -0.1) is 0 Å². The summed E-state index contributed by atoms with van der Waals surface area (Å²) in [6, 6.07) is 5.75. The van der Waals surface area contributed by atoms with Crippen molar-refractivity contribution >= 4 is 5.78 Å². The number of ether oxygens (including phenoxy) is 1. The van der Waals surface area contributed by atoms with Crippen molar-refractivity contribution in [3.63, 3.8) is 0 Å². The predicted octanol–water partition coefficient (Wildman–Crippen LogP) is 2.38. The minimum atomic E-state index is 0.194. The Kier molecular flexibility index (Phi) is 2.35. The Morgan fingerprint density at radius 2 is 2.29 bits per heavy atom. The fourth-order valence-corrected chi connectivity index (χ4v) is 1.74. The molecule has 0 atom stereocenters. The lowest BCUT2D eigenvalue weighted by atomic mass is 10.1. The first-order valence-corrected chi connectivity index (χ1v) is 4.71. The van der Waals surface area contributed by atoms with Crippen molar-refractivity contribution in [2.45, 2.75) is 12.8 Å². The van der Waals surface area contributed by atoms with Crippen LogP contribution in [0.4, 0.5) is 0 Å². The van der Waals surface area contributed by atoms with E-state index in [1.165, 1.54) is 0 Å². The molecular weight excluding hydrogens is 176 g/mol. The third-order valence-corrected chi connectivity index (χ3v) is 2.37. The molecule has 1 aromatic carbocycles. The highest BCUT2D eigenvalue weighted by Gasteiger charge is 2.23. The number of benzene rings is 1. The van der Waals surface area contributed by atoms with Crippen LogP contribution in [0.15, 0.2) is 30.9 Å². The molecule has 2 nitrogen and oxygen atoms in total. The molecule has 0 aliphatic heterocycles. The number of fused-ring (bicyclic) bond motifs is 1. The maximum Gasteiger partial charge on any atom is 0.167 e. The molecule has 14 heavy (non-hydrogen) atoms. The van der Waals surface area contributed by atoms with Gasteiger partial charge in [-0.05, 0) is 18.1 Å². The number of carbonyl (C=O) groups excluding carboxylic acids is 1. The van der Waals surface area contributed by atoms with Crippen molar-refractivity contribution in [1.29, 1.82) is 0 Å². The number of Topliss-reactive ketones (excluding diaryl/α,β-unsaturated/α-hetero) is 1. The van der Waals surface area contributed by atoms with Crippen LogP contribution in [0.25, 0.3) is 0 Å². The van der Waals surface area contributed by atoms with Crippen LogP contribution < -0.4 is 4.74 Å². The lowest BCUT2D eigenvalue weighted by Gasteiger charge is -2.07. The minimum absolute atomic E-state index is 0.194. The molecule has 0 unspecified atom stereocenters. The fourth-order valence-electron chi connectivity index (χ4n) is 1.74. The molecule has 0 heterocycles. The lowest BCUT2D eigenvalue weighted by molar-refractivity contribution is 0.0991. The van der Waals surface area contributed by atoms with E-state index >= 15 is 0 Å². The zero-order valence-corrected chi connectivity index (χ0v) is 7.95. The van der Waals surface area contributed by atoms with E-state index < -0.39 is 0 Å². The first-order chi connectivity index (χ1) is 6.83. The standard InChI is InChI=1S/C12H12O2/c1-2-8-14-11-5-3-4-9-6-7-10(13)12(9)11/h2-5H,1,6-8H2. The highest BCUT2D eigenvalue weighted by atomic mass is 16.5. The molecule has 1 aromatic rings. The molecule has 2 heteroatoms. The van der Waals surface area contributed by atoms with Gasteiger partial charge in [0.15, 0.2) is 5.78 Å². The molecule has 0 N–H and O–H groups in total. The van der Waals surface area contributed by atoms with E-state index in [4.69, 9.17) is 4.74 Å². The van der Waals surface area contributed by atoms with Crippen molar-refractivity contribution in [2.75, 3.05) is 6.61 Å². The van der Waals surface area contributed by atoms with Gasteiger partial charge in [0.2, 0.25) is 0 Å².